The van der Waals surface area contributed by atoms with Crippen molar-refractivity contribution in [3.8, 4) is 11.5 Å². The zero-order chi connectivity index (χ0) is 15.1. The summed E-state index contributed by atoms with van der Waals surface area (Å²) < 4.78 is 16.0. The zero-order valence-corrected chi connectivity index (χ0v) is 12.4. The lowest BCUT2D eigenvalue weighted by Gasteiger charge is -2.18. The third-order valence-electron chi connectivity index (χ3n) is 3.25. The molecule has 2 aromatic rings. The molecule has 112 valence electrons. The maximum Gasteiger partial charge on any atom is 0.124 e. The van der Waals surface area contributed by atoms with E-state index >= 15 is 0 Å². The van der Waals surface area contributed by atoms with Crippen LogP contribution in [0.2, 0.25) is 0 Å². The summed E-state index contributed by atoms with van der Waals surface area (Å²) >= 11 is 0. The molecule has 1 atom stereocenters. The second kappa shape index (κ2) is 7.67. The van der Waals surface area contributed by atoms with Crippen LogP contribution in [0.25, 0.3) is 0 Å². The van der Waals surface area contributed by atoms with Crippen molar-refractivity contribution in [2.24, 2.45) is 5.73 Å². The lowest BCUT2D eigenvalue weighted by molar-refractivity contribution is 0.145. The Kier molecular flexibility index (Phi) is 5.60. The number of nitrogens with two attached hydrogens (primary N) is 1. The standard InChI is InChI=1S/C17H21NO3/c1-19-10-11-21-16-9-4-3-8-15(16)17(18)13-6-5-7-14(12-13)20-2/h3-9,12,17H,10-11,18H2,1-2H3. The Labute approximate surface area is 125 Å². The first-order valence-corrected chi connectivity index (χ1v) is 6.86. The van der Waals surface area contributed by atoms with Crippen molar-refractivity contribution in [3.63, 3.8) is 0 Å². The number of hydrogen-bond donors (Lipinski definition) is 1. The molecule has 0 amide bonds. The van der Waals surface area contributed by atoms with Gasteiger partial charge in [0.2, 0.25) is 0 Å². The molecular weight excluding hydrogens is 266 g/mol. The van der Waals surface area contributed by atoms with Crippen molar-refractivity contribution in [1.82, 2.24) is 0 Å². The van der Waals surface area contributed by atoms with Crippen molar-refractivity contribution in [3.05, 3.63) is 59.7 Å². The van der Waals surface area contributed by atoms with Gasteiger partial charge in [0.05, 0.1) is 19.8 Å². The summed E-state index contributed by atoms with van der Waals surface area (Å²) in [4.78, 5) is 0. The molecule has 0 bridgehead atoms. The molecule has 4 nitrogen and oxygen atoms in total. The highest BCUT2D eigenvalue weighted by Gasteiger charge is 2.14. The van der Waals surface area contributed by atoms with Crippen molar-refractivity contribution < 1.29 is 14.2 Å². The van der Waals surface area contributed by atoms with Gasteiger partial charge >= 0.3 is 0 Å². The Morgan fingerprint density at radius 1 is 1.00 bits per heavy atom. The molecule has 0 saturated carbocycles. The molecule has 0 aliphatic rings. The van der Waals surface area contributed by atoms with E-state index in [2.05, 4.69) is 0 Å². The monoisotopic (exact) mass is 287 g/mol. The van der Waals surface area contributed by atoms with E-state index in [1.807, 2.05) is 48.5 Å². The highest BCUT2D eigenvalue weighted by molar-refractivity contribution is 5.43. The Balaban J connectivity index is 2.23. The van der Waals surface area contributed by atoms with Crippen molar-refractivity contribution in [2.75, 3.05) is 27.4 Å². The van der Waals surface area contributed by atoms with Gasteiger partial charge in [0.15, 0.2) is 0 Å². The van der Waals surface area contributed by atoms with Gasteiger partial charge in [-0.25, -0.2) is 0 Å². The van der Waals surface area contributed by atoms with E-state index in [1.54, 1.807) is 14.2 Å². The van der Waals surface area contributed by atoms with Gasteiger partial charge in [-0.05, 0) is 23.8 Å². The second-order valence-corrected chi connectivity index (χ2v) is 4.63. The molecule has 1 unspecified atom stereocenters. The third kappa shape index (κ3) is 3.97. The largest absolute Gasteiger partial charge is 0.497 e. The van der Waals surface area contributed by atoms with Crippen molar-refractivity contribution >= 4 is 0 Å². The van der Waals surface area contributed by atoms with Crippen LogP contribution in [0.1, 0.15) is 17.2 Å². The lowest BCUT2D eigenvalue weighted by atomic mass is 9.98. The first kappa shape index (κ1) is 15.4. The molecule has 0 aliphatic heterocycles. The van der Waals surface area contributed by atoms with Crippen LogP contribution in [-0.4, -0.2) is 27.4 Å². The summed E-state index contributed by atoms with van der Waals surface area (Å²) in [5.74, 6) is 1.57. The minimum Gasteiger partial charge on any atom is -0.497 e. The summed E-state index contributed by atoms with van der Waals surface area (Å²) in [6, 6.07) is 15.3. The maximum atomic E-state index is 6.38. The summed E-state index contributed by atoms with van der Waals surface area (Å²) in [6.07, 6.45) is 0. The van der Waals surface area contributed by atoms with Crippen LogP contribution in [0.3, 0.4) is 0 Å². The molecule has 0 spiro atoms. The van der Waals surface area contributed by atoms with Gasteiger partial charge in [-0.3, -0.25) is 0 Å². The molecule has 4 heteroatoms. The molecule has 0 fully saturated rings. The van der Waals surface area contributed by atoms with Crippen molar-refractivity contribution in [2.45, 2.75) is 6.04 Å². The first-order chi connectivity index (χ1) is 10.3. The highest BCUT2D eigenvalue weighted by Crippen LogP contribution is 2.29. The minimum atomic E-state index is -0.265. The summed E-state index contributed by atoms with van der Waals surface area (Å²) in [7, 11) is 3.30. The predicted octanol–water partition coefficient (Wildman–Crippen LogP) is 2.77. The SMILES string of the molecule is COCCOc1ccccc1C(N)c1cccc(OC)c1. The van der Waals surface area contributed by atoms with E-state index in [0.717, 1.165) is 22.6 Å². The van der Waals surface area contributed by atoms with E-state index in [-0.39, 0.29) is 6.04 Å². The minimum absolute atomic E-state index is 0.265. The smallest absolute Gasteiger partial charge is 0.124 e. The lowest BCUT2D eigenvalue weighted by Crippen LogP contribution is -2.14. The third-order valence-corrected chi connectivity index (χ3v) is 3.25. The molecule has 2 aromatic carbocycles. The molecule has 0 aliphatic carbocycles. The van der Waals surface area contributed by atoms with Crippen LogP contribution in [0.4, 0.5) is 0 Å². The fourth-order valence-electron chi connectivity index (χ4n) is 2.12. The summed E-state index contributed by atoms with van der Waals surface area (Å²) in [6.45, 7) is 1.04. The Morgan fingerprint density at radius 2 is 1.81 bits per heavy atom. The highest BCUT2D eigenvalue weighted by atomic mass is 16.5. The summed E-state index contributed by atoms with van der Waals surface area (Å²) in [5, 5.41) is 0. The number of ether oxygens (including phenoxy) is 3. The average molecular weight is 287 g/mol. The van der Waals surface area contributed by atoms with Crippen LogP contribution in [0, 0.1) is 0 Å². The average Bonchev–Trinajstić information content (AvgIpc) is 2.55. The second-order valence-electron chi connectivity index (χ2n) is 4.63. The van der Waals surface area contributed by atoms with Crippen molar-refractivity contribution in [1.29, 1.82) is 0 Å². The van der Waals surface area contributed by atoms with E-state index < -0.39 is 0 Å². The number of methoxy groups -OCH3 is 2. The van der Waals surface area contributed by atoms with Gasteiger partial charge in [-0.2, -0.15) is 0 Å². The fraction of sp³-hybridized carbons (Fsp3) is 0.294. The molecule has 2 rings (SSSR count). The number of hydrogen-bond acceptors (Lipinski definition) is 4. The Morgan fingerprint density at radius 3 is 2.57 bits per heavy atom. The molecule has 0 saturated heterocycles. The molecule has 0 radical (unpaired) electrons. The fourth-order valence-corrected chi connectivity index (χ4v) is 2.12. The molecule has 0 aromatic heterocycles. The molecule has 0 heterocycles. The number of rotatable bonds is 7. The van der Waals surface area contributed by atoms with Gasteiger partial charge in [0.25, 0.3) is 0 Å². The van der Waals surface area contributed by atoms with E-state index in [4.69, 9.17) is 19.9 Å². The first-order valence-electron chi connectivity index (χ1n) is 6.86. The van der Waals surface area contributed by atoms with Crippen LogP contribution < -0.4 is 15.2 Å². The van der Waals surface area contributed by atoms with Crippen LogP contribution >= 0.6 is 0 Å². The Hall–Kier alpha value is -2.04. The van der Waals surface area contributed by atoms with Gasteiger partial charge in [0, 0.05) is 12.7 Å². The number of para-hydroxylation sites is 1. The molecular formula is C17H21NO3. The van der Waals surface area contributed by atoms with Gasteiger partial charge in [0.1, 0.15) is 18.1 Å². The summed E-state index contributed by atoms with van der Waals surface area (Å²) in [5.41, 5.74) is 8.31. The topological polar surface area (TPSA) is 53.7 Å². The van der Waals surface area contributed by atoms with Crippen LogP contribution in [-0.2, 0) is 4.74 Å². The van der Waals surface area contributed by atoms with E-state index in [1.165, 1.54) is 0 Å². The molecule has 2 N–H and O–H groups in total. The quantitative estimate of drug-likeness (QED) is 0.796. The maximum absolute atomic E-state index is 6.38. The van der Waals surface area contributed by atoms with Crippen LogP contribution in [0.15, 0.2) is 48.5 Å². The normalized spacial score (nSPS) is 12.0. The zero-order valence-electron chi connectivity index (χ0n) is 12.4. The molecule has 21 heavy (non-hydrogen) atoms. The Bertz CT molecular complexity index is 571. The van der Waals surface area contributed by atoms with E-state index in [0.29, 0.717) is 13.2 Å². The van der Waals surface area contributed by atoms with Gasteiger partial charge in [-0.15, -0.1) is 0 Å². The van der Waals surface area contributed by atoms with E-state index in [9.17, 15) is 0 Å². The van der Waals surface area contributed by atoms with Gasteiger partial charge in [-0.1, -0.05) is 30.3 Å². The number of benzene rings is 2. The van der Waals surface area contributed by atoms with Crippen LogP contribution in [0.5, 0.6) is 11.5 Å². The van der Waals surface area contributed by atoms with Gasteiger partial charge < -0.3 is 19.9 Å². The predicted molar refractivity (Wildman–Crippen MR) is 82.8 cm³/mol.